The van der Waals surface area contributed by atoms with Crippen molar-refractivity contribution in [3.8, 4) is 0 Å². The summed E-state index contributed by atoms with van der Waals surface area (Å²) in [4.78, 5) is 40.3. The van der Waals surface area contributed by atoms with E-state index in [1.807, 2.05) is 18.7 Å². The van der Waals surface area contributed by atoms with Crippen LogP contribution >= 0.6 is 0 Å². The molecule has 0 bridgehead atoms. The highest BCUT2D eigenvalue weighted by molar-refractivity contribution is 5.82. The van der Waals surface area contributed by atoms with Crippen molar-refractivity contribution < 1.29 is 14.3 Å². The van der Waals surface area contributed by atoms with E-state index in [0.29, 0.717) is 32.8 Å². The number of ether oxygens (including phenoxy) is 1. The van der Waals surface area contributed by atoms with E-state index in [1.54, 1.807) is 18.5 Å². The Balaban J connectivity index is 1.38. The lowest BCUT2D eigenvalue weighted by Crippen LogP contribution is -2.55. The fourth-order valence-corrected chi connectivity index (χ4v) is 4.23. The highest BCUT2D eigenvalue weighted by Crippen LogP contribution is 2.20. The van der Waals surface area contributed by atoms with Gasteiger partial charge in [0.25, 0.3) is 0 Å². The second-order valence-corrected chi connectivity index (χ2v) is 8.19. The molecule has 0 saturated carbocycles. The number of hydrogen-bond acceptors (Lipinski definition) is 7. The van der Waals surface area contributed by atoms with Crippen molar-refractivity contribution in [3.63, 3.8) is 0 Å². The number of hydrogen-bond donors (Lipinski definition) is 1. The quantitative estimate of drug-likeness (QED) is 0.576. The van der Waals surface area contributed by atoms with Crippen LogP contribution in [-0.2, 0) is 14.3 Å². The van der Waals surface area contributed by atoms with E-state index in [0.717, 1.165) is 51.4 Å². The van der Waals surface area contributed by atoms with E-state index >= 15 is 0 Å². The Morgan fingerprint density at radius 1 is 1.13 bits per heavy atom. The molecule has 0 aliphatic carbocycles. The summed E-state index contributed by atoms with van der Waals surface area (Å²) in [7, 11) is 0. The van der Waals surface area contributed by atoms with Gasteiger partial charge in [-0.25, -0.2) is 9.97 Å². The second-order valence-electron chi connectivity index (χ2n) is 8.19. The predicted octanol–water partition coefficient (Wildman–Crippen LogP) is 0.769. The maximum absolute atomic E-state index is 13.0. The van der Waals surface area contributed by atoms with E-state index < -0.39 is 0 Å². The van der Waals surface area contributed by atoms with Crippen molar-refractivity contribution in [2.75, 3.05) is 63.9 Å². The third-order valence-electron chi connectivity index (χ3n) is 6.20. The Hall–Kier alpha value is -2.26. The number of aromatic nitrogens is 2. The number of rotatable bonds is 9. The molecule has 2 amide bonds. The first-order valence-electron chi connectivity index (χ1n) is 11.5. The van der Waals surface area contributed by atoms with Gasteiger partial charge in [-0.1, -0.05) is 0 Å². The molecule has 1 atom stereocenters. The van der Waals surface area contributed by atoms with Crippen LogP contribution in [0.15, 0.2) is 18.5 Å². The van der Waals surface area contributed by atoms with E-state index in [2.05, 4.69) is 25.1 Å². The molecule has 1 N–H and O–H groups in total. The Labute approximate surface area is 185 Å². The molecule has 1 unspecified atom stereocenters. The zero-order valence-corrected chi connectivity index (χ0v) is 18.8. The molecule has 9 heteroatoms. The zero-order chi connectivity index (χ0) is 22.1. The van der Waals surface area contributed by atoms with Gasteiger partial charge >= 0.3 is 0 Å². The number of likely N-dealkylation sites (tertiary alicyclic amines) is 1. The van der Waals surface area contributed by atoms with Gasteiger partial charge in [0.15, 0.2) is 0 Å². The third-order valence-corrected chi connectivity index (χ3v) is 6.20. The molecule has 2 saturated heterocycles. The average Bonchev–Trinajstić information content (AvgIpc) is 2.83. The number of piperazine rings is 1. The van der Waals surface area contributed by atoms with Crippen LogP contribution in [0, 0.1) is 5.92 Å². The van der Waals surface area contributed by atoms with Crippen LogP contribution in [0.4, 0.5) is 5.95 Å². The molecule has 172 valence electrons. The van der Waals surface area contributed by atoms with Crippen LogP contribution in [0.5, 0.6) is 0 Å². The number of amides is 2. The van der Waals surface area contributed by atoms with Crippen molar-refractivity contribution in [2.45, 2.75) is 39.2 Å². The van der Waals surface area contributed by atoms with Gasteiger partial charge < -0.3 is 19.9 Å². The number of carbonyl (C=O) groups excluding carboxylic acids is 2. The highest BCUT2D eigenvalue weighted by Gasteiger charge is 2.32. The van der Waals surface area contributed by atoms with Gasteiger partial charge in [0.05, 0.1) is 6.04 Å². The molecule has 2 aliphatic rings. The predicted molar refractivity (Wildman–Crippen MR) is 119 cm³/mol. The Kier molecular flexibility index (Phi) is 9.02. The van der Waals surface area contributed by atoms with Crippen LogP contribution in [-0.4, -0.2) is 96.7 Å². The SMILES string of the molecule is CCOCCCNC(=O)C1CCN(C(C)C(=O)N2CCN(c3ncccn3)CC2)CC1. The standard InChI is InChI=1S/C22H36N6O3/c1-3-31-17-5-10-23-20(29)19-6-11-26(12-7-19)18(2)21(30)27-13-15-28(16-14-27)22-24-8-4-9-25-22/h4,8-9,18-19H,3,5-7,10-17H2,1-2H3,(H,23,29). The van der Waals surface area contributed by atoms with Crippen LogP contribution in [0.1, 0.15) is 33.1 Å². The maximum Gasteiger partial charge on any atom is 0.239 e. The van der Waals surface area contributed by atoms with Gasteiger partial charge in [0, 0.05) is 64.2 Å². The lowest BCUT2D eigenvalue weighted by molar-refractivity contribution is -0.137. The minimum Gasteiger partial charge on any atom is -0.382 e. The number of nitrogens with zero attached hydrogens (tertiary/aromatic N) is 5. The van der Waals surface area contributed by atoms with Gasteiger partial charge in [-0.15, -0.1) is 0 Å². The van der Waals surface area contributed by atoms with E-state index in [9.17, 15) is 9.59 Å². The number of nitrogens with one attached hydrogen (secondary N) is 1. The molecule has 2 aliphatic heterocycles. The highest BCUT2D eigenvalue weighted by atomic mass is 16.5. The molecular formula is C22H36N6O3. The van der Waals surface area contributed by atoms with Crippen LogP contribution in [0.3, 0.4) is 0 Å². The van der Waals surface area contributed by atoms with Crippen molar-refractivity contribution in [1.82, 2.24) is 25.1 Å². The summed E-state index contributed by atoms with van der Waals surface area (Å²) in [5.74, 6) is 1.07. The van der Waals surface area contributed by atoms with E-state index in [4.69, 9.17) is 4.74 Å². The van der Waals surface area contributed by atoms with Crippen molar-refractivity contribution in [3.05, 3.63) is 18.5 Å². The Morgan fingerprint density at radius 2 is 1.81 bits per heavy atom. The molecule has 1 aromatic heterocycles. The second kappa shape index (κ2) is 12.0. The lowest BCUT2D eigenvalue weighted by atomic mass is 9.94. The molecule has 31 heavy (non-hydrogen) atoms. The minimum atomic E-state index is -0.158. The fourth-order valence-electron chi connectivity index (χ4n) is 4.23. The fraction of sp³-hybridized carbons (Fsp3) is 0.727. The summed E-state index contributed by atoms with van der Waals surface area (Å²) in [5, 5.41) is 3.02. The third kappa shape index (κ3) is 6.61. The molecular weight excluding hydrogens is 396 g/mol. The molecule has 1 aromatic rings. The molecule has 0 aromatic carbocycles. The van der Waals surface area contributed by atoms with E-state index in [1.165, 1.54) is 0 Å². The van der Waals surface area contributed by atoms with Gasteiger partial charge in [-0.05, 0) is 52.3 Å². The first-order chi connectivity index (χ1) is 15.1. The summed E-state index contributed by atoms with van der Waals surface area (Å²) in [6.45, 7) is 10.4. The molecule has 0 spiro atoms. The van der Waals surface area contributed by atoms with Gasteiger partial charge in [-0.3, -0.25) is 14.5 Å². The molecule has 2 fully saturated rings. The smallest absolute Gasteiger partial charge is 0.239 e. The normalized spacial score (nSPS) is 19.3. The minimum absolute atomic E-state index is 0.0417. The van der Waals surface area contributed by atoms with Gasteiger partial charge in [0.2, 0.25) is 17.8 Å². The molecule has 0 radical (unpaired) electrons. The summed E-state index contributed by atoms with van der Waals surface area (Å²) >= 11 is 0. The Morgan fingerprint density at radius 3 is 2.45 bits per heavy atom. The first-order valence-corrected chi connectivity index (χ1v) is 11.5. The molecule has 9 nitrogen and oxygen atoms in total. The Bertz CT molecular complexity index is 688. The number of carbonyl (C=O) groups is 2. The number of piperidine rings is 1. The van der Waals surface area contributed by atoms with Gasteiger partial charge in [0.1, 0.15) is 0 Å². The summed E-state index contributed by atoms with van der Waals surface area (Å²) in [5.41, 5.74) is 0. The van der Waals surface area contributed by atoms with Crippen LogP contribution in [0.25, 0.3) is 0 Å². The monoisotopic (exact) mass is 432 g/mol. The van der Waals surface area contributed by atoms with Crippen LogP contribution < -0.4 is 10.2 Å². The molecule has 3 rings (SSSR count). The number of anilines is 1. The summed E-state index contributed by atoms with van der Waals surface area (Å²) in [6, 6.07) is 1.65. The molecule has 3 heterocycles. The van der Waals surface area contributed by atoms with Crippen molar-refractivity contribution in [2.24, 2.45) is 5.92 Å². The summed E-state index contributed by atoms with van der Waals surface area (Å²) in [6.07, 6.45) is 5.93. The zero-order valence-electron chi connectivity index (χ0n) is 18.8. The topological polar surface area (TPSA) is 90.9 Å². The van der Waals surface area contributed by atoms with Crippen molar-refractivity contribution in [1.29, 1.82) is 0 Å². The largest absolute Gasteiger partial charge is 0.382 e. The van der Waals surface area contributed by atoms with Gasteiger partial charge in [-0.2, -0.15) is 0 Å². The maximum atomic E-state index is 13.0. The van der Waals surface area contributed by atoms with Crippen LogP contribution in [0.2, 0.25) is 0 Å². The summed E-state index contributed by atoms with van der Waals surface area (Å²) < 4.78 is 5.30. The van der Waals surface area contributed by atoms with E-state index in [-0.39, 0.29) is 23.8 Å². The average molecular weight is 433 g/mol. The van der Waals surface area contributed by atoms with Crippen molar-refractivity contribution >= 4 is 17.8 Å². The lowest BCUT2D eigenvalue weighted by Gasteiger charge is -2.40. The first kappa shape index (κ1) is 23.4.